The summed E-state index contributed by atoms with van der Waals surface area (Å²) in [5.41, 5.74) is 3.40. The number of nitrogens with zero attached hydrogens (tertiary/aromatic N) is 3. The van der Waals surface area contributed by atoms with Gasteiger partial charge in [0.25, 0.3) is 5.69 Å². The van der Waals surface area contributed by atoms with Gasteiger partial charge in [0.05, 0.1) is 4.92 Å². The molecule has 1 aromatic carbocycles. The Morgan fingerprint density at radius 2 is 2.00 bits per heavy atom. The molecule has 106 valence electrons. The number of nitro benzene ring substituents is 1. The normalized spacial score (nSPS) is 10.9. The average Bonchev–Trinajstić information content (AvgIpc) is 2.83. The molecule has 0 N–H and O–H groups in total. The number of fused-ring (bicyclic) bond motifs is 1. The Kier molecular flexibility index (Phi) is 3.39. The molecule has 3 aromatic rings. The predicted octanol–water partition coefficient (Wildman–Crippen LogP) is 3.50. The zero-order valence-electron chi connectivity index (χ0n) is 11.7. The van der Waals surface area contributed by atoms with Gasteiger partial charge in [0.1, 0.15) is 5.65 Å². The van der Waals surface area contributed by atoms with Crippen molar-refractivity contribution in [3.63, 3.8) is 0 Å². The summed E-state index contributed by atoms with van der Waals surface area (Å²) in [6.45, 7) is 2.88. The first-order valence-electron chi connectivity index (χ1n) is 6.79. The standard InChI is InChI=1S/C16H15N3O2/c1-12-11-18(16-15(12)3-2-9-17-16)10-8-13-4-6-14(7-5-13)19(20)21/h2-7,9,11H,8,10H2,1H3. The van der Waals surface area contributed by atoms with E-state index in [1.54, 1.807) is 18.3 Å². The van der Waals surface area contributed by atoms with Crippen LogP contribution < -0.4 is 0 Å². The molecule has 0 aliphatic heterocycles. The van der Waals surface area contributed by atoms with Crippen molar-refractivity contribution in [2.75, 3.05) is 0 Å². The van der Waals surface area contributed by atoms with Gasteiger partial charge >= 0.3 is 0 Å². The summed E-state index contributed by atoms with van der Waals surface area (Å²) >= 11 is 0. The Bertz CT molecular complexity index is 791. The molecule has 2 heterocycles. The van der Waals surface area contributed by atoms with Crippen LogP contribution in [0.2, 0.25) is 0 Å². The highest BCUT2D eigenvalue weighted by molar-refractivity contribution is 5.79. The number of rotatable bonds is 4. The minimum Gasteiger partial charge on any atom is -0.332 e. The summed E-state index contributed by atoms with van der Waals surface area (Å²) < 4.78 is 2.13. The maximum atomic E-state index is 10.6. The number of hydrogen-bond acceptors (Lipinski definition) is 3. The highest BCUT2D eigenvalue weighted by atomic mass is 16.6. The first-order valence-corrected chi connectivity index (χ1v) is 6.79. The van der Waals surface area contributed by atoms with Crippen molar-refractivity contribution >= 4 is 16.7 Å². The molecule has 0 bridgehead atoms. The fraction of sp³-hybridized carbons (Fsp3) is 0.188. The molecule has 0 aliphatic carbocycles. The maximum absolute atomic E-state index is 10.6. The molecule has 5 nitrogen and oxygen atoms in total. The number of non-ortho nitro benzene ring substituents is 1. The van der Waals surface area contributed by atoms with Crippen LogP contribution in [0.3, 0.4) is 0 Å². The third-order valence-electron chi connectivity index (χ3n) is 3.62. The molecule has 21 heavy (non-hydrogen) atoms. The van der Waals surface area contributed by atoms with Crippen LogP contribution in [-0.4, -0.2) is 14.5 Å². The average molecular weight is 281 g/mol. The monoisotopic (exact) mass is 281 g/mol. The van der Waals surface area contributed by atoms with E-state index in [1.165, 1.54) is 10.9 Å². The second-order valence-electron chi connectivity index (χ2n) is 5.05. The zero-order chi connectivity index (χ0) is 14.8. The van der Waals surface area contributed by atoms with Crippen LogP contribution in [0.5, 0.6) is 0 Å². The molecule has 0 spiro atoms. The van der Waals surface area contributed by atoms with Gasteiger partial charge in [-0.25, -0.2) is 4.98 Å². The van der Waals surface area contributed by atoms with Crippen molar-refractivity contribution in [1.29, 1.82) is 0 Å². The van der Waals surface area contributed by atoms with E-state index >= 15 is 0 Å². The van der Waals surface area contributed by atoms with E-state index in [1.807, 2.05) is 18.2 Å². The lowest BCUT2D eigenvalue weighted by Gasteiger charge is -2.04. The molecule has 0 unspecified atom stereocenters. The Morgan fingerprint density at radius 1 is 1.24 bits per heavy atom. The van der Waals surface area contributed by atoms with Gasteiger partial charge < -0.3 is 4.57 Å². The number of benzene rings is 1. The van der Waals surface area contributed by atoms with Crippen LogP contribution >= 0.6 is 0 Å². The SMILES string of the molecule is Cc1cn(CCc2ccc([N+](=O)[O-])cc2)c2ncccc12. The number of pyridine rings is 1. The Labute approximate surface area is 122 Å². The highest BCUT2D eigenvalue weighted by Crippen LogP contribution is 2.19. The molecule has 0 saturated heterocycles. The van der Waals surface area contributed by atoms with Crippen molar-refractivity contribution in [3.8, 4) is 0 Å². The van der Waals surface area contributed by atoms with Gasteiger partial charge in [-0.1, -0.05) is 12.1 Å². The molecule has 2 aromatic heterocycles. The molecule has 0 saturated carbocycles. The van der Waals surface area contributed by atoms with Crippen molar-refractivity contribution in [2.45, 2.75) is 19.9 Å². The lowest BCUT2D eigenvalue weighted by molar-refractivity contribution is -0.384. The molecule has 0 amide bonds. The summed E-state index contributed by atoms with van der Waals surface area (Å²) in [6, 6.07) is 10.7. The van der Waals surface area contributed by atoms with Gasteiger partial charge in [-0.2, -0.15) is 0 Å². The van der Waals surface area contributed by atoms with Gasteiger partial charge in [-0.15, -0.1) is 0 Å². The van der Waals surface area contributed by atoms with Crippen molar-refractivity contribution in [2.24, 2.45) is 0 Å². The molecular weight excluding hydrogens is 266 g/mol. The van der Waals surface area contributed by atoms with E-state index in [2.05, 4.69) is 28.7 Å². The Hall–Kier alpha value is -2.69. The number of nitro groups is 1. The summed E-state index contributed by atoms with van der Waals surface area (Å²) in [5, 5.41) is 11.8. The van der Waals surface area contributed by atoms with Crippen molar-refractivity contribution < 1.29 is 4.92 Å². The quantitative estimate of drug-likeness (QED) is 0.543. The molecule has 0 atom stereocenters. The molecular formula is C16H15N3O2. The van der Waals surface area contributed by atoms with Gasteiger partial charge in [-0.05, 0) is 36.6 Å². The van der Waals surface area contributed by atoms with E-state index in [4.69, 9.17) is 0 Å². The lowest BCUT2D eigenvalue weighted by atomic mass is 10.1. The highest BCUT2D eigenvalue weighted by Gasteiger charge is 2.07. The first kappa shape index (κ1) is 13.3. The van der Waals surface area contributed by atoms with Crippen LogP contribution in [0, 0.1) is 17.0 Å². The van der Waals surface area contributed by atoms with Gasteiger partial charge in [0, 0.05) is 36.5 Å². The molecule has 3 rings (SSSR count). The lowest BCUT2D eigenvalue weighted by Crippen LogP contribution is -2.01. The second kappa shape index (κ2) is 5.36. The zero-order valence-corrected chi connectivity index (χ0v) is 11.7. The number of hydrogen-bond donors (Lipinski definition) is 0. The fourth-order valence-electron chi connectivity index (χ4n) is 2.50. The fourth-order valence-corrected chi connectivity index (χ4v) is 2.50. The van der Waals surface area contributed by atoms with Gasteiger partial charge in [-0.3, -0.25) is 10.1 Å². The summed E-state index contributed by atoms with van der Waals surface area (Å²) in [7, 11) is 0. The molecule has 5 heteroatoms. The smallest absolute Gasteiger partial charge is 0.269 e. The number of aromatic nitrogens is 2. The number of aryl methyl sites for hydroxylation is 3. The summed E-state index contributed by atoms with van der Waals surface area (Å²) in [4.78, 5) is 14.7. The van der Waals surface area contributed by atoms with Crippen LogP contribution in [0.4, 0.5) is 5.69 Å². The first-order chi connectivity index (χ1) is 10.1. The van der Waals surface area contributed by atoms with Crippen molar-refractivity contribution in [1.82, 2.24) is 9.55 Å². The third-order valence-corrected chi connectivity index (χ3v) is 3.62. The van der Waals surface area contributed by atoms with E-state index in [0.29, 0.717) is 0 Å². The van der Waals surface area contributed by atoms with Crippen LogP contribution in [-0.2, 0) is 13.0 Å². The largest absolute Gasteiger partial charge is 0.332 e. The molecule has 0 aliphatic rings. The summed E-state index contributed by atoms with van der Waals surface area (Å²) in [6.07, 6.45) is 4.71. The molecule has 0 radical (unpaired) electrons. The van der Waals surface area contributed by atoms with E-state index in [-0.39, 0.29) is 10.6 Å². The third kappa shape index (κ3) is 2.63. The second-order valence-corrected chi connectivity index (χ2v) is 5.05. The van der Waals surface area contributed by atoms with Crippen LogP contribution in [0.25, 0.3) is 11.0 Å². The van der Waals surface area contributed by atoms with Crippen LogP contribution in [0.1, 0.15) is 11.1 Å². The predicted molar refractivity (Wildman–Crippen MR) is 81.3 cm³/mol. The Morgan fingerprint density at radius 3 is 2.71 bits per heavy atom. The molecule has 0 fully saturated rings. The minimum atomic E-state index is -0.378. The Balaban J connectivity index is 1.79. The topological polar surface area (TPSA) is 61.0 Å². The van der Waals surface area contributed by atoms with Gasteiger partial charge in [0.2, 0.25) is 0 Å². The van der Waals surface area contributed by atoms with E-state index in [0.717, 1.165) is 24.2 Å². The van der Waals surface area contributed by atoms with Gasteiger partial charge in [0.15, 0.2) is 0 Å². The maximum Gasteiger partial charge on any atom is 0.269 e. The summed E-state index contributed by atoms with van der Waals surface area (Å²) in [5.74, 6) is 0. The van der Waals surface area contributed by atoms with E-state index < -0.39 is 0 Å². The van der Waals surface area contributed by atoms with Crippen LogP contribution in [0.15, 0.2) is 48.8 Å². The van der Waals surface area contributed by atoms with E-state index in [9.17, 15) is 10.1 Å². The minimum absolute atomic E-state index is 0.127. The van der Waals surface area contributed by atoms with Crippen molar-refractivity contribution in [3.05, 3.63) is 70.0 Å².